The highest BCUT2D eigenvalue weighted by molar-refractivity contribution is 4.96. The van der Waals surface area contributed by atoms with Crippen molar-refractivity contribution in [1.82, 2.24) is 0 Å². The van der Waals surface area contributed by atoms with E-state index in [0.717, 1.165) is 12.8 Å². The van der Waals surface area contributed by atoms with Gasteiger partial charge in [-0.2, -0.15) is 0 Å². The second kappa shape index (κ2) is 11.5. The Balaban J connectivity index is 3.05. The van der Waals surface area contributed by atoms with Crippen LogP contribution in [0.2, 0.25) is 0 Å². The first-order chi connectivity index (χ1) is 7.31. The molecule has 0 aliphatic carbocycles. The van der Waals surface area contributed by atoms with Crippen LogP contribution >= 0.6 is 0 Å². The van der Waals surface area contributed by atoms with E-state index in [1.807, 2.05) is 19.1 Å². The highest BCUT2D eigenvalue weighted by Crippen LogP contribution is 2.10. The van der Waals surface area contributed by atoms with Gasteiger partial charge in [0.15, 0.2) is 0 Å². The zero-order chi connectivity index (χ0) is 11.4. The molecule has 0 aliphatic heterocycles. The molecule has 88 valence electrons. The lowest BCUT2D eigenvalue weighted by atomic mass is 10.1. The van der Waals surface area contributed by atoms with E-state index in [2.05, 4.69) is 12.7 Å². The van der Waals surface area contributed by atoms with Crippen LogP contribution in [0.1, 0.15) is 58.3 Å². The van der Waals surface area contributed by atoms with E-state index in [4.69, 9.17) is 0 Å². The summed E-state index contributed by atoms with van der Waals surface area (Å²) in [5.41, 5.74) is 0. The van der Waals surface area contributed by atoms with Gasteiger partial charge in [-0.1, -0.05) is 57.4 Å². The van der Waals surface area contributed by atoms with E-state index in [0.29, 0.717) is 0 Å². The summed E-state index contributed by atoms with van der Waals surface area (Å²) >= 11 is 0. The normalized spacial score (nSPS) is 13.2. The third-order valence-corrected chi connectivity index (χ3v) is 2.65. The van der Waals surface area contributed by atoms with Crippen molar-refractivity contribution >= 4 is 0 Å². The molecule has 15 heavy (non-hydrogen) atoms. The quantitative estimate of drug-likeness (QED) is 0.422. The number of hydrogen-bond donors (Lipinski definition) is 1. The molecule has 0 heterocycles. The highest BCUT2D eigenvalue weighted by atomic mass is 16.3. The van der Waals surface area contributed by atoms with Gasteiger partial charge in [0.05, 0.1) is 6.10 Å². The second-order valence-electron chi connectivity index (χ2n) is 4.07. The number of aliphatic hydroxyl groups is 1. The molecule has 0 rings (SSSR count). The number of allylic oxidation sites excluding steroid dienone is 3. The lowest BCUT2D eigenvalue weighted by Gasteiger charge is -2.06. The fraction of sp³-hybridized carbons (Fsp3) is 0.714. The van der Waals surface area contributed by atoms with E-state index in [1.165, 1.54) is 38.5 Å². The third kappa shape index (κ3) is 11.4. The minimum atomic E-state index is -0.0690. The van der Waals surface area contributed by atoms with Gasteiger partial charge < -0.3 is 5.11 Å². The van der Waals surface area contributed by atoms with Crippen molar-refractivity contribution in [2.45, 2.75) is 64.4 Å². The van der Waals surface area contributed by atoms with Crippen molar-refractivity contribution in [2.24, 2.45) is 0 Å². The SMILES string of the molecule is C=C/C=C/CCCCCCCC(O)CC. The average molecular weight is 210 g/mol. The predicted octanol–water partition coefficient (Wildman–Crippen LogP) is 4.23. The first-order valence-electron chi connectivity index (χ1n) is 6.26. The van der Waals surface area contributed by atoms with Crippen LogP contribution in [0.3, 0.4) is 0 Å². The Kier molecular flexibility index (Phi) is 11.1. The maximum atomic E-state index is 9.34. The smallest absolute Gasteiger partial charge is 0.0537 e. The van der Waals surface area contributed by atoms with Crippen LogP contribution in [0.25, 0.3) is 0 Å². The molecule has 1 heteroatoms. The maximum absolute atomic E-state index is 9.34. The molecule has 0 aromatic rings. The Labute approximate surface area is 94.9 Å². The minimum Gasteiger partial charge on any atom is -0.393 e. The standard InChI is InChI=1S/C14H26O/c1-3-5-6-7-8-9-10-11-12-13-14(15)4-2/h3,5-6,14-15H,1,4,7-13H2,2H3/b6-5+. The van der Waals surface area contributed by atoms with Gasteiger partial charge in [-0.25, -0.2) is 0 Å². The largest absolute Gasteiger partial charge is 0.393 e. The van der Waals surface area contributed by atoms with Gasteiger partial charge in [0.25, 0.3) is 0 Å². The van der Waals surface area contributed by atoms with Crippen molar-refractivity contribution in [3.05, 3.63) is 24.8 Å². The fourth-order valence-corrected chi connectivity index (χ4v) is 1.57. The molecule has 0 saturated heterocycles. The number of aliphatic hydroxyl groups excluding tert-OH is 1. The monoisotopic (exact) mass is 210 g/mol. The summed E-state index contributed by atoms with van der Waals surface area (Å²) in [5, 5.41) is 9.34. The molecule has 0 saturated carbocycles. The van der Waals surface area contributed by atoms with Crippen LogP contribution in [0.5, 0.6) is 0 Å². The Morgan fingerprint density at radius 1 is 1.13 bits per heavy atom. The lowest BCUT2D eigenvalue weighted by molar-refractivity contribution is 0.156. The summed E-state index contributed by atoms with van der Waals surface area (Å²) in [6.45, 7) is 5.67. The van der Waals surface area contributed by atoms with Crippen molar-refractivity contribution in [2.75, 3.05) is 0 Å². The number of rotatable bonds is 10. The zero-order valence-electron chi connectivity index (χ0n) is 10.1. The molecule has 0 spiro atoms. The highest BCUT2D eigenvalue weighted by Gasteiger charge is 1.99. The Bertz CT molecular complexity index is 161. The molecule has 1 unspecified atom stereocenters. The average Bonchev–Trinajstić information content (AvgIpc) is 2.26. The van der Waals surface area contributed by atoms with Gasteiger partial charge in [-0.3, -0.25) is 0 Å². The van der Waals surface area contributed by atoms with Crippen molar-refractivity contribution in [3.8, 4) is 0 Å². The molecular formula is C14H26O. The maximum Gasteiger partial charge on any atom is 0.0537 e. The molecule has 0 aromatic carbocycles. The van der Waals surface area contributed by atoms with Gasteiger partial charge in [-0.05, 0) is 25.7 Å². The van der Waals surface area contributed by atoms with Gasteiger partial charge in [0.1, 0.15) is 0 Å². The fourth-order valence-electron chi connectivity index (χ4n) is 1.57. The van der Waals surface area contributed by atoms with Crippen LogP contribution in [0.4, 0.5) is 0 Å². The molecule has 0 radical (unpaired) electrons. The second-order valence-corrected chi connectivity index (χ2v) is 4.07. The molecule has 0 amide bonds. The van der Waals surface area contributed by atoms with Crippen LogP contribution in [0.15, 0.2) is 24.8 Å². The predicted molar refractivity (Wildman–Crippen MR) is 68.0 cm³/mol. The van der Waals surface area contributed by atoms with Gasteiger partial charge in [0.2, 0.25) is 0 Å². The Morgan fingerprint density at radius 2 is 1.80 bits per heavy atom. The first-order valence-corrected chi connectivity index (χ1v) is 6.26. The summed E-state index contributed by atoms with van der Waals surface area (Å²) < 4.78 is 0. The third-order valence-electron chi connectivity index (χ3n) is 2.65. The molecule has 0 bridgehead atoms. The zero-order valence-corrected chi connectivity index (χ0v) is 10.1. The topological polar surface area (TPSA) is 20.2 Å². The van der Waals surface area contributed by atoms with E-state index in [-0.39, 0.29) is 6.10 Å². The lowest BCUT2D eigenvalue weighted by Crippen LogP contribution is -2.03. The Hall–Kier alpha value is -0.560. The summed E-state index contributed by atoms with van der Waals surface area (Å²) in [6, 6.07) is 0. The van der Waals surface area contributed by atoms with E-state index in [1.54, 1.807) is 0 Å². The summed E-state index contributed by atoms with van der Waals surface area (Å²) in [5.74, 6) is 0. The van der Waals surface area contributed by atoms with Crippen LogP contribution < -0.4 is 0 Å². The number of hydrogen-bond acceptors (Lipinski definition) is 1. The van der Waals surface area contributed by atoms with Crippen LogP contribution in [0, 0.1) is 0 Å². The summed E-state index contributed by atoms with van der Waals surface area (Å²) in [7, 11) is 0. The van der Waals surface area contributed by atoms with Crippen molar-refractivity contribution < 1.29 is 5.11 Å². The summed E-state index contributed by atoms with van der Waals surface area (Å²) in [4.78, 5) is 0. The molecule has 0 aliphatic rings. The van der Waals surface area contributed by atoms with E-state index >= 15 is 0 Å². The molecule has 0 fully saturated rings. The van der Waals surface area contributed by atoms with E-state index in [9.17, 15) is 5.11 Å². The molecule has 1 N–H and O–H groups in total. The summed E-state index contributed by atoms with van der Waals surface area (Å²) in [6.07, 6.45) is 15.3. The molecular weight excluding hydrogens is 184 g/mol. The van der Waals surface area contributed by atoms with Crippen molar-refractivity contribution in [1.29, 1.82) is 0 Å². The van der Waals surface area contributed by atoms with Crippen LogP contribution in [-0.2, 0) is 0 Å². The Morgan fingerprint density at radius 3 is 2.47 bits per heavy atom. The first kappa shape index (κ1) is 14.4. The van der Waals surface area contributed by atoms with Gasteiger partial charge in [-0.15, -0.1) is 0 Å². The number of unbranched alkanes of at least 4 members (excludes halogenated alkanes) is 5. The molecule has 1 nitrogen and oxygen atoms in total. The van der Waals surface area contributed by atoms with Gasteiger partial charge >= 0.3 is 0 Å². The van der Waals surface area contributed by atoms with Crippen molar-refractivity contribution in [3.63, 3.8) is 0 Å². The molecule has 1 atom stereocenters. The van der Waals surface area contributed by atoms with Gasteiger partial charge in [0, 0.05) is 0 Å². The minimum absolute atomic E-state index is 0.0690. The van der Waals surface area contributed by atoms with E-state index < -0.39 is 0 Å². The molecule has 0 aromatic heterocycles. The van der Waals surface area contributed by atoms with Crippen LogP contribution in [-0.4, -0.2) is 11.2 Å².